The van der Waals surface area contributed by atoms with Crippen LogP contribution in [0, 0.1) is 5.92 Å². The molecule has 3 aliphatic heterocycles. The summed E-state index contributed by atoms with van der Waals surface area (Å²) in [6.45, 7) is 6.60. The van der Waals surface area contributed by atoms with E-state index in [0.29, 0.717) is 54.4 Å². The van der Waals surface area contributed by atoms with E-state index >= 15 is 4.11 Å². The molecule has 1 unspecified atom stereocenters. The average molecular weight is 702 g/mol. The number of anilines is 2. The van der Waals surface area contributed by atoms with Crippen LogP contribution in [0.5, 0.6) is 0 Å². The quantitative estimate of drug-likeness (QED) is 0.148. The van der Waals surface area contributed by atoms with Gasteiger partial charge in [-0.15, -0.1) is 5.10 Å². The Labute approximate surface area is 291 Å². The summed E-state index contributed by atoms with van der Waals surface area (Å²) < 4.78 is 24.9. The Balaban J connectivity index is 1.15. The summed E-state index contributed by atoms with van der Waals surface area (Å²) >= 11 is 6.55. The number of carbonyl (C=O) groups is 2. The average Bonchev–Trinajstić information content (AvgIpc) is 3.84. The summed E-state index contributed by atoms with van der Waals surface area (Å²) in [5, 5.41) is 19.3. The van der Waals surface area contributed by atoms with Crippen molar-refractivity contribution in [2.24, 2.45) is 5.92 Å². The first-order valence-electron chi connectivity index (χ1n) is 16.9. The summed E-state index contributed by atoms with van der Waals surface area (Å²) in [6, 6.07) is 22.8. The number of ether oxygens (including phenoxy) is 1. The fourth-order valence-electron chi connectivity index (χ4n) is 8.23. The number of amides is 2. The van der Waals surface area contributed by atoms with Gasteiger partial charge in [-0.3, -0.25) is 14.3 Å². The minimum Gasteiger partial charge on any atom is -0.395 e. The van der Waals surface area contributed by atoms with Crippen LogP contribution in [0.4, 0.5) is 15.5 Å². The second kappa shape index (κ2) is 13.1. The third-order valence-corrected chi connectivity index (χ3v) is 13.2. The predicted octanol–water partition coefficient (Wildman–Crippen LogP) is 6.59. The molecule has 0 aliphatic carbocycles. The maximum atomic E-state index is 16.3. The van der Waals surface area contributed by atoms with Gasteiger partial charge in [0.1, 0.15) is 0 Å². The largest absolute Gasteiger partial charge is 0.395 e. The van der Waals surface area contributed by atoms with Crippen molar-refractivity contribution in [2.45, 2.75) is 75.5 Å². The number of rotatable bonds is 10. The Morgan fingerprint density at radius 1 is 1.10 bits per heavy atom. The summed E-state index contributed by atoms with van der Waals surface area (Å²) in [7, 11) is -3.37. The number of carbonyl (C=O) groups excluding carboxylic acids is 2. The molecule has 3 aromatic carbocycles. The lowest BCUT2D eigenvalue weighted by molar-refractivity contribution is -0.146. The van der Waals surface area contributed by atoms with E-state index in [1.165, 1.54) is 0 Å². The second-order valence-corrected chi connectivity index (χ2v) is 18.2. The molecule has 7 rings (SSSR count). The highest BCUT2D eigenvalue weighted by atomic mass is 35.5. The van der Waals surface area contributed by atoms with E-state index in [2.05, 4.69) is 10.3 Å². The Bertz CT molecular complexity index is 1850. The van der Waals surface area contributed by atoms with Gasteiger partial charge < -0.3 is 23.8 Å². The monoisotopic (exact) mass is 701 g/mol. The number of aryl methyl sites for hydroxylation is 1. The first-order valence-corrected chi connectivity index (χ1v) is 20.3. The van der Waals surface area contributed by atoms with Crippen LogP contribution in [0.2, 0.25) is 23.7 Å². The SMILES string of the molecule is C[C@@H]1[C@@H]([Si](C)(C)F)[C@H](CCn2cc(C(CO)c3ccccc3)nn2)O[C@@]12C(=O)N(Cc1ccc(N3CCCC3=O)cc1)c1ccc(Cl)cc12. The Hall–Kier alpha value is -3.90. The van der Waals surface area contributed by atoms with E-state index in [1.54, 1.807) is 39.7 Å². The van der Waals surface area contributed by atoms with Crippen molar-refractivity contribution in [3.05, 3.63) is 106 Å². The zero-order valence-corrected chi connectivity index (χ0v) is 29.7. The number of fused-ring (bicyclic) bond motifs is 2. The standard InChI is InChI=1S/C37H41ClFN5O4Si/c1-24-35(49(2,3)39)33(17-19-42-22-31(40-41-42)29(23-45)26-8-5-4-6-9-26)48-37(24)30-20-27(38)13-16-32(30)44(36(37)47)21-25-11-14-28(15-12-25)43-18-7-10-34(43)46/h4-6,8-9,11-16,20,22,24,29,33,35,45H,7,10,17-19,21,23H2,1-3H3/t24-,29?,33+,35-,37+/m1/s1. The van der Waals surface area contributed by atoms with Crippen molar-refractivity contribution in [3.8, 4) is 0 Å². The van der Waals surface area contributed by atoms with Crippen LogP contribution in [0.1, 0.15) is 54.5 Å². The van der Waals surface area contributed by atoms with E-state index in [-0.39, 0.29) is 24.3 Å². The molecule has 2 saturated heterocycles. The van der Waals surface area contributed by atoms with Crippen LogP contribution in [0.15, 0.2) is 79.0 Å². The second-order valence-electron chi connectivity index (χ2n) is 14.0. The van der Waals surface area contributed by atoms with E-state index in [0.717, 1.165) is 23.2 Å². The van der Waals surface area contributed by atoms with Crippen LogP contribution in [-0.4, -0.2) is 59.6 Å². The molecular weight excluding hydrogens is 661 g/mol. The minimum absolute atomic E-state index is 0.110. The maximum Gasteiger partial charge on any atom is 0.264 e. The molecular formula is C37H41ClFN5O4Si. The number of aliphatic hydroxyl groups is 1. The molecule has 4 heterocycles. The molecule has 1 aromatic heterocycles. The highest BCUT2D eigenvalue weighted by molar-refractivity contribution is 6.72. The van der Waals surface area contributed by atoms with Crippen LogP contribution in [0.3, 0.4) is 0 Å². The highest BCUT2D eigenvalue weighted by Gasteiger charge is 2.66. The van der Waals surface area contributed by atoms with Gasteiger partial charge in [0.2, 0.25) is 14.3 Å². The molecule has 5 atom stereocenters. The minimum atomic E-state index is -3.37. The van der Waals surface area contributed by atoms with Gasteiger partial charge in [-0.05, 0) is 67.4 Å². The van der Waals surface area contributed by atoms with Crippen LogP contribution in [0.25, 0.3) is 0 Å². The van der Waals surface area contributed by atoms with Gasteiger partial charge in [-0.1, -0.05) is 66.2 Å². The molecule has 3 aliphatic rings. The Morgan fingerprint density at radius 2 is 1.86 bits per heavy atom. The fourth-order valence-corrected chi connectivity index (χ4v) is 10.9. The maximum absolute atomic E-state index is 16.3. The zero-order valence-electron chi connectivity index (χ0n) is 27.9. The molecule has 49 heavy (non-hydrogen) atoms. The third kappa shape index (κ3) is 6.00. The summed E-state index contributed by atoms with van der Waals surface area (Å²) in [4.78, 5) is 30.5. The molecule has 0 radical (unpaired) electrons. The van der Waals surface area contributed by atoms with Gasteiger partial charge in [-0.25, -0.2) is 0 Å². The Morgan fingerprint density at radius 3 is 2.53 bits per heavy atom. The van der Waals surface area contributed by atoms with Crippen molar-refractivity contribution >= 4 is 43.2 Å². The lowest BCUT2D eigenvalue weighted by Crippen LogP contribution is -2.45. The molecule has 2 fully saturated rings. The smallest absolute Gasteiger partial charge is 0.264 e. The van der Waals surface area contributed by atoms with Crippen LogP contribution >= 0.6 is 11.6 Å². The first-order chi connectivity index (χ1) is 23.5. The number of aliphatic hydroxyl groups excluding tert-OH is 1. The molecule has 4 aromatic rings. The van der Waals surface area contributed by atoms with Gasteiger partial charge in [0, 0.05) is 53.4 Å². The number of nitrogens with zero attached hydrogens (tertiary/aromatic N) is 5. The van der Waals surface area contributed by atoms with Crippen molar-refractivity contribution < 1.29 is 23.5 Å². The molecule has 1 N–H and O–H groups in total. The van der Waals surface area contributed by atoms with Gasteiger partial charge in [-0.2, -0.15) is 0 Å². The van der Waals surface area contributed by atoms with Crippen molar-refractivity contribution in [1.29, 1.82) is 0 Å². The van der Waals surface area contributed by atoms with Gasteiger partial charge in [0.15, 0.2) is 5.60 Å². The van der Waals surface area contributed by atoms with E-state index < -0.39 is 31.6 Å². The topological polar surface area (TPSA) is 101 Å². The van der Waals surface area contributed by atoms with E-state index in [4.69, 9.17) is 16.3 Å². The summed E-state index contributed by atoms with van der Waals surface area (Å²) in [5.74, 6) is -0.867. The summed E-state index contributed by atoms with van der Waals surface area (Å²) in [5.41, 5.74) is 2.84. The molecule has 9 nitrogen and oxygen atoms in total. The molecule has 0 saturated carbocycles. The number of aromatic nitrogens is 3. The lowest BCUT2D eigenvalue weighted by Gasteiger charge is -2.31. The first kappa shape index (κ1) is 33.6. The molecule has 1 spiro atoms. The number of hydrogen-bond acceptors (Lipinski definition) is 6. The molecule has 0 bridgehead atoms. The van der Waals surface area contributed by atoms with Gasteiger partial charge in [0.25, 0.3) is 5.91 Å². The Kier molecular flexibility index (Phi) is 8.97. The van der Waals surface area contributed by atoms with E-state index in [1.807, 2.05) is 73.8 Å². The number of halogens is 2. The fraction of sp³-hybridized carbons (Fsp3) is 0.405. The van der Waals surface area contributed by atoms with Crippen LogP contribution in [-0.2, 0) is 33.0 Å². The van der Waals surface area contributed by atoms with E-state index in [9.17, 15) is 14.7 Å². The molecule has 256 valence electrons. The predicted molar refractivity (Wildman–Crippen MR) is 189 cm³/mol. The van der Waals surface area contributed by atoms with Gasteiger partial charge in [0.05, 0.1) is 36.6 Å². The molecule has 2 amide bonds. The molecule has 12 heteroatoms. The van der Waals surface area contributed by atoms with Crippen molar-refractivity contribution in [2.75, 3.05) is 23.0 Å². The van der Waals surface area contributed by atoms with Crippen LogP contribution < -0.4 is 9.80 Å². The third-order valence-electron chi connectivity index (χ3n) is 10.5. The normalized spacial score (nSPS) is 24.3. The van der Waals surface area contributed by atoms with Crippen molar-refractivity contribution in [3.63, 3.8) is 0 Å². The zero-order chi connectivity index (χ0) is 34.5. The number of hydrogen-bond donors (Lipinski definition) is 1. The number of benzene rings is 3. The summed E-state index contributed by atoms with van der Waals surface area (Å²) in [6.07, 6.45) is 3.10. The van der Waals surface area contributed by atoms with Gasteiger partial charge >= 0.3 is 0 Å². The van der Waals surface area contributed by atoms with Crippen molar-refractivity contribution in [1.82, 2.24) is 15.0 Å². The highest BCUT2D eigenvalue weighted by Crippen LogP contribution is 2.60. The lowest BCUT2D eigenvalue weighted by atomic mass is 9.82.